The van der Waals surface area contributed by atoms with Gasteiger partial charge < -0.3 is 21.7 Å². The molecule has 0 aliphatic heterocycles. The maximum Gasteiger partial charge on any atom is 0.321 e. The van der Waals surface area contributed by atoms with Crippen LogP contribution in [0.25, 0.3) is 0 Å². The van der Waals surface area contributed by atoms with Crippen molar-refractivity contribution < 1.29 is 19.8 Å². The summed E-state index contributed by atoms with van der Waals surface area (Å²) in [5.74, 6) is -2.37. The molecule has 0 radical (unpaired) electrons. The van der Waals surface area contributed by atoms with Gasteiger partial charge in [-0.15, -0.1) is 23.5 Å². The Labute approximate surface area is 155 Å². The van der Waals surface area contributed by atoms with E-state index in [2.05, 4.69) is 0 Å². The normalized spacial score (nSPS) is 16.5. The molecule has 0 aliphatic rings. The zero-order valence-corrected chi connectivity index (χ0v) is 15.4. The summed E-state index contributed by atoms with van der Waals surface area (Å²) in [6.45, 7) is 0. The topological polar surface area (TPSA) is 127 Å². The van der Waals surface area contributed by atoms with Crippen LogP contribution in [0.3, 0.4) is 0 Å². The molecular formula is C10H12Cl4N2O4S2. The Morgan fingerprint density at radius 3 is 1.32 bits per heavy atom. The van der Waals surface area contributed by atoms with Crippen LogP contribution in [0, 0.1) is 0 Å². The number of hydrogen-bond acceptors (Lipinski definition) is 6. The molecule has 0 bridgehead atoms. The SMILES string of the molecule is N[C@@H](CS/C(Cl)=C(Cl)/C(Cl)=C(\Cl)SC[C@H](N)C(=O)O)C(=O)O. The summed E-state index contributed by atoms with van der Waals surface area (Å²) >= 11 is 25.4. The van der Waals surface area contributed by atoms with Gasteiger partial charge in [0, 0.05) is 11.5 Å². The van der Waals surface area contributed by atoms with Crippen molar-refractivity contribution in [3.05, 3.63) is 18.8 Å². The fourth-order valence-corrected chi connectivity index (χ4v) is 3.45. The van der Waals surface area contributed by atoms with Gasteiger partial charge in [0.2, 0.25) is 0 Å². The minimum absolute atomic E-state index is 0.0107. The van der Waals surface area contributed by atoms with Gasteiger partial charge in [-0.25, -0.2) is 0 Å². The van der Waals surface area contributed by atoms with E-state index in [1.807, 2.05) is 0 Å². The molecule has 0 aromatic rings. The van der Waals surface area contributed by atoms with Crippen LogP contribution < -0.4 is 11.5 Å². The van der Waals surface area contributed by atoms with Crippen molar-refractivity contribution in [3.63, 3.8) is 0 Å². The van der Waals surface area contributed by atoms with Gasteiger partial charge in [0.15, 0.2) is 0 Å². The number of carboxylic acid groups (broad SMARTS) is 2. The number of carbonyl (C=O) groups is 2. The Morgan fingerprint density at radius 1 is 0.818 bits per heavy atom. The molecule has 0 aromatic carbocycles. The third-order valence-electron chi connectivity index (χ3n) is 1.95. The molecule has 0 unspecified atom stereocenters. The Morgan fingerprint density at radius 2 is 1.09 bits per heavy atom. The average Bonchev–Trinajstić information content (AvgIpc) is 2.47. The summed E-state index contributed by atoms with van der Waals surface area (Å²) < 4.78 is 0.0364. The minimum Gasteiger partial charge on any atom is -0.480 e. The quantitative estimate of drug-likeness (QED) is 0.412. The maximum absolute atomic E-state index is 10.6. The van der Waals surface area contributed by atoms with E-state index in [1.165, 1.54) is 0 Å². The summed E-state index contributed by atoms with van der Waals surface area (Å²) in [7, 11) is 0. The number of thioether (sulfide) groups is 2. The largest absolute Gasteiger partial charge is 0.480 e. The number of carboxylic acids is 2. The lowest BCUT2D eigenvalue weighted by molar-refractivity contribution is -0.138. The number of allylic oxidation sites excluding steroid dienone is 2. The second-order valence-electron chi connectivity index (χ2n) is 3.69. The summed E-state index contributed by atoms with van der Waals surface area (Å²) in [4.78, 5) is 21.2. The van der Waals surface area contributed by atoms with E-state index in [0.29, 0.717) is 0 Å². The summed E-state index contributed by atoms with van der Waals surface area (Å²) in [6, 6.07) is -2.21. The summed E-state index contributed by atoms with van der Waals surface area (Å²) in [5, 5.41) is 17.1. The third kappa shape index (κ3) is 8.16. The second-order valence-corrected chi connectivity index (χ2v) is 7.71. The molecule has 6 nitrogen and oxygen atoms in total. The lowest BCUT2D eigenvalue weighted by Gasteiger charge is -2.09. The molecule has 126 valence electrons. The lowest BCUT2D eigenvalue weighted by Crippen LogP contribution is -2.32. The highest BCUT2D eigenvalue weighted by molar-refractivity contribution is 8.05. The van der Waals surface area contributed by atoms with Crippen molar-refractivity contribution in [2.75, 3.05) is 11.5 Å². The highest BCUT2D eigenvalue weighted by Gasteiger charge is 2.17. The van der Waals surface area contributed by atoms with Crippen molar-refractivity contribution in [1.29, 1.82) is 0 Å². The highest BCUT2D eigenvalue weighted by atomic mass is 35.5. The molecule has 6 N–H and O–H groups in total. The molecule has 0 heterocycles. The first-order valence-electron chi connectivity index (χ1n) is 5.41. The Hall–Kier alpha value is 0.200. The van der Waals surface area contributed by atoms with Crippen LogP contribution in [0.5, 0.6) is 0 Å². The predicted molar refractivity (Wildman–Crippen MR) is 93.6 cm³/mol. The first-order chi connectivity index (χ1) is 10.1. The van der Waals surface area contributed by atoms with Gasteiger partial charge in [0.25, 0.3) is 0 Å². The summed E-state index contributed by atoms with van der Waals surface area (Å²) in [6.07, 6.45) is 0. The van der Waals surface area contributed by atoms with Crippen LogP contribution in [0.4, 0.5) is 0 Å². The van der Waals surface area contributed by atoms with E-state index in [1.54, 1.807) is 0 Å². The molecule has 2 atom stereocenters. The number of rotatable bonds is 9. The second kappa shape index (κ2) is 10.9. The molecule has 0 saturated heterocycles. The zero-order valence-electron chi connectivity index (χ0n) is 10.8. The standard InChI is InChI=1S/C10H12Cl4N2O4S2/c11-5(7(13)21-1-3(15)9(17)18)6(12)8(14)22-2-4(16)10(19)20/h3-4H,1-2,15-16H2,(H,17,18)(H,19,20)/b7-5-,8-6-/t3-,4-/m0/s1. The Balaban J connectivity index is 4.80. The van der Waals surface area contributed by atoms with Crippen LogP contribution in [-0.2, 0) is 9.59 Å². The predicted octanol–water partition coefficient (Wildman–Crippen LogP) is 2.57. The van der Waals surface area contributed by atoms with Gasteiger partial charge in [0.05, 0.1) is 18.8 Å². The van der Waals surface area contributed by atoms with E-state index < -0.39 is 24.0 Å². The number of halogens is 4. The van der Waals surface area contributed by atoms with Crippen LogP contribution in [0.15, 0.2) is 18.8 Å². The molecule has 0 saturated carbocycles. The number of nitrogens with two attached hydrogens (primary N) is 2. The third-order valence-corrected chi connectivity index (χ3v) is 6.22. The smallest absolute Gasteiger partial charge is 0.321 e. The monoisotopic (exact) mass is 428 g/mol. The lowest BCUT2D eigenvalue weighted by atomic mass is 10.4. The van der Waals surface area contributed by atoms with Gasteiger partial charge in [-0.2, -0.15) is 0 Å². The van der Waals surface area contributed by atoms with E-state index in [4.69, 9.17) is 68.1 Å². The van der Waals surface area contributed by atoms with Crippen LogP contribution >= 0.6 is 69.9 Å². The average molecular weight is 430 g/mol. The molecule has 0 amide bonds. The Bertz CT molecular complexity index is 457. The fourth-order valence-electron chi connectivity index (χ4n) is 0.768. The molecule has 12 heteroatoms. The molecule has 22 heavy (non-hydrogen) atoms. The van der Waals surface area contributed by atoms with E-state index in [9.17, 15) is 9.59 Å². The molecule has 0 aromatic heterocycles. The van der Waals surface area contributed by atoms with Crippen LogP contribution in [0.1, 0.15) is 0 Å². The van der Waals surface area contributed by atoms with Crippen molar-refractivity contribution in [2.45, 2.75) is 12.1 Å². The number of hydrogen-bond donors (Lipinski definition) is 4. The van der Waals surface area contributed by atoms with Crippen LogP contribution in [-0.4, -0.2) is 45.7 Å². The van der Waals surface area contributed by atoms with Gasteiger partial charge in [-0.1, -0.05) is 46.4 Å². The molecular weight excluding hydrogens is 418 g/mol. The Kier molecular flexibility index (Phi) is 11.0. The molecule has 0 spiro atoms. The molecule has 0 aliphatic carbocycles. The van der Waals surface area contributed by atoms with Gasteiger partial charge in [-0.3, -0.25) is 9.59 Å². The van der Waals surface area contributed by atoms with Gasteiger partial charge >= 0.3 is 11.9 Å². The zero-order chi connectivity index (χ0) is 17.4. The minimum atomic E-state index is -1.18. The maximum atomic E-state index is 10.6. The number of aliphatic carboxylic acids is 2. The van der Waals surface area contributed by atoms with Crippen molar-refractivity contribution in [3.8, 4) is 0 Å². The van der Waals surface area contributed by atoms with Gasteiger partial charge in [0.1, 0.15) is 12.1 Å². The molecule has 0 rings (SSSR count). The van der Waals surface area contributed by atoms with E-state index in [0.717, 1.165) is 23.5 Å². The van der Waals surface area contributed by atoms with Gasteiger partial charge in [-0.05, 0) is 0 Å². The van der Waals surface area contributed by atoms with Crippen molar-refractivity contribution >= 4 is 81.9 Å². The first kappa shape index (κ1) is 22.2. The summed E-state index contributed by atoms with van der Waals surface area (Å²) in [5.41, 5.74) is 10.6. The first-order valence-corrected chi connectivity index (χ1v) is 8.89. The molecule has 0 fully saturated rings. The fraction of sp³-hybridized carbons (Fsp3) is 0.400. The van der Waals surface area contributed by atoms with Crippen molar-refractivity contribution in [2.24, 2.45) is 11.5 Å². The van der Waals surface area contributed by atoms with Crippen molar-refractivity contribution in [1.82, 2.24) is 0 Å². The van der Waals surface area contributed by atoms with E-state index >= 15 is 0 Å². The van der Waals surface area contributed by atoms with Crippen LogP contribution in [0.2, 0.25) is 0 Å². The highest BCUT2D eigenvalue weighted by Crippen LogP contribution is 2.38. The van der Waals surface area contributed by atoms with E-state index in [-0.39, 0.29) is 30.3 Å².